The predicted octanol–water partition coefficient (Wildman–Crippen LogP) is 2.30. The van der Waals surface area contributed by atoms with Crippen LogP contribution in [0, 0.1) is 0 Å². The lowest BCUT2D eigenvalue weighted by molar-refractivity contribution is -0.0676. The van der Waals surface area contributed by atoms with Gasteiger partial charge in [-0.3, -0.25) is 4.90 Å². The van der Waals surface area contributed by atoms with E-state index in [1.165, 1.54) is 4.90 Å². The molecule has 1 N–H and O–H groups in total. The standard InChI is InChI=1S/C14H25NO4/c1-7-8-11(16)10-9-18-14(5,6)15(10)12(17)19-13(2,3)4/h7,10-11,16H,1,8-9H2,2-6H3/t10-,11-/m1/s1. The van der Waals surface area contributed by atoms with Gasteiger partial charge in [-0.2, -0.15) is 0 Å². The summed E-state index contributed by atoms with van der Waals surface area (Å²) < 4.78 is 11.0. The molecule has 1 heterocycles. The van der Waals surface area contributed by atoms with E-state index in [1.54, 1.807) is 19.9 Å². The van der Waals surface area contributed by atoms with Crippen LogP contribution in [0.5, 0.6) is 0 Å². The number of amides is 1. The van der Waals surface area contributed by atoms with Crippen LogP contribution in [0.3, 0.4) is 0 Å². The summed E-state index contributed by atoms with van der Waals surface area (Å²) in [6, 6.07) is -0.414. The molecule has 1 aliphatic rings. The summed E-state index contributed by atoms with van der Waals surface area (Å²) in [5, 5.41) is 10.1. The minimum absolute atomic E-state index is 0.293. The quantitative estimate of drug-likeness (QED) is 0.800. The maximum Gasteiger partial charge on any atom is 0.412 e. The van der Waals surface area contributed by atoms with Crippen molar-refractivity contribution in [2.45, 2.75) is 64.5 Å². The predicted molar refractivity (Wildman–Crippen MR) is 72.7 cm³/mol. The smallest absolute Gasteiger partial charge is 0.412 e. The van der Waals surface area contributed by atoms with Gasteiger partial charge in [0.2, 0.25) is 0 Å². The number of ether oxygens (including phenoxy) is 2. The van der Waals surface area contributed by atoms with Gasteiger partial charge in [-0.25, -0.2) is 4.79 Å². The molecule has 0 unspecified atom stereocenters. The molecule has 0 radical (unpaired) electrons. The van der Waals surface area contributed by atoms with E-state index in [2.05, 4.69) is 6.58 Å². The van der Waals surface area contributed by atoms with E-state index in [4.69, 9.17) is 9.47 Å². The van der Waals surface area contributed by atoms with Crippen molar-refractivity contribution in [1.29, 1.82) is 0 Å². The van der Waals surface area contributed by atoms with E-state index in [0.29, 0.717) is 13.0 Å². The molecule has 1 fully saturated rings. The number of carbonyl (C=O) groups is 1. The van der Waals surface area contributed by atoms with Crippen LogP contribution in [0.1, 0.15) is 41.0 Å². The van der Waals surface area contributed by atoms with Gasteiger partial charge in [0.05, 0.1) is 18.8 Å². The van der Waals surface area contributed by atoms with Crippen molar-refractivity contribution in [2.75, 3.05) is 6.61 Å². The Morgan fingerprint density at radius 3 is 2.68 bits per heavy atom. The van der Waals surface area contributed by atoms with Crippen LogP contribution in [-0.2, 0) is 9.47 Å². The fourth-order valence-corrected chi connectivity index (χ4v) is 2.11. The molecule has 1 saturated heterocycles. The van der Waals surface area contributed by atoms with E-state index >= 15 is 0 Å². The minimum Gasteiger partial charge on any atom is -0.444 e. The maximum absolute atomic E-state index is 12.3. The van der Waals surface area contributed by atoms with E-state index in [9.17, 15) is 9.90 Å². The first-order valence-corrected chi connectivity index (χ1v) is 6.54. The molecule has 0 aromatic rings. The molecule has 0 saturated carbocycles. The molecule has 5 heteroatoms. The Labute approximate surface area is 115 Å². The largest absolute Gasteiger partial charge is 0.444 e. The normalized spacial score (nSPS) is 24.1. The molecule has 1 amide bonds. The highest BCUT2D eigenvalue weighted by molar-refractivity contribution is 5.69. The molecule has 0 aromatic heterocycles. The van der Waals surface area contributed by atoms with Crippen molar-refractivity contribution in [2.24, 2.45) is 0 Å². The lowest BCUT2D eigenvalue weighted by Crippen LogP contribution is -2.53. The van der Waals surface area contributed by atoms with Crippen LogP contribution < -0.4 is 0 Å². The second-order valence-electron chi connectivity index (χ2n) is 6.27. The molecule has 5 nitrogen and oxygen atoms in total. The van der Waals surface area contributed by atoms with Crippen LogP contribution in [0.15, 0.2) is 12.7 Å². The fraction of sp³-hybridized carbons (Fsp3) is 0.786. The molecule has 1 aliphatic heterocycles. The molecule has 0 bridgehead atoms. The monoisotopic (exact) mass is 271 g/mol. The lowest BCUT2D eigenvalue weighted by Gasteiger charge is -2.36. The van der Waals surface area contributed by atoms with Gasteiger partial charge in [0.1, 0.15) is 11.3 Å². The number of hydrogen-bond acceptors (Lipinski definition) is 4. The van der Waals surface area contributed by atoms with E-state index in [1.807, 2.05) is 20.8 Å². The summed E-state index contributed by atoms with van der Waals surface area (Å²) in [5.41, 5.74) is -1.36. The number of aliphatic hydroxyl groups is 1. The summed E-state index contributed by atoms with van der Waals surface area (Å²) in [7, 11) is 0. The van der Waals surface area contributed by atoms with Gasteiger partial charge in [0, 0.05) is 0 Å². The maximum atomic E-state index is 12.3. The molecule has 2 atom stereocenters. The Morgan fingerprint density at radius 2 is 2.21 bits per heavy atom. The van der Waals surface area contributed by atoms with E-state index < -0.39 is 29.6 Å². The Bertz CT molecular complexity index is 346. The third-order valence-electron chi connectivity index (χ3n) is 2.96. The summed E-state index contributed by atoms with van der Waals surface area (Å²) in [6.45, 7) is 12.9. The summed E-state index contributed by atoms with van der Waals surface area (Å²) in [6.07, 6.45) is 0.863. The van der Waals surface area contributed by atoms with Crippen molar-refractivity contribution in [3.05, 3.63) is 12.7 Å². The molecule has 0 aliphatic carbocycles. The Balaban J connectivity index is 2.89. The molecular weight excluding hydrogens is 246 g/mol. The average molecular weight is 271 g/mol. The molecule has 110 valence electrons. The van der Waals surface area contributed by atoms with Crippen molar-refractivity contribution in [3.63, 3.8) is 0 Å². The van der Waals surface area contributed by atoms with Crippen LogP contribution in [-0.4, -0.2) is 46.2 Å². The third-order valence-corrected chi connectivity index (χ3v) is 2.96. The Hall–Kier alpha value is -1.07. The van der Waals surface area contributed by atoms with Gasteiger partial charge in [-0.1, -0.05) is 6.08 Å². The lowest BCUT2D eigenvalue weighted by atomic mass is 10.1. The fourth-order valence-electron chi connectivity index (χ4n) is 2.11. The zero-order chi connectivity index (χ0) is 14.8. The topological polar surface area (TPSA) is 59.0 Å². The molecule has 0 spiro atoms. The second kappa shape index (κ2) is 5.51. The zero-order valence-corrected chi connectivity index (χ0v) is 12.5. The number of rotatable bonds is 3. The molecular formula is C14H25NO4. The molecule has 1 rings (SSSR count). The van der Waals surface area contributed by atoms with Gasteiger partial charge in [-0.05, 0) is 41.0 Å². The Kier molecular flexibility index (Phi) is 4.63. The molecule has 0 aromatic carbocycles. The van der Waals surface area contributed by atoms with Crippen molar-refractivity contribution < 1.29 is 19.4 Å². The number of carbonyl (C=O) groups excluding carboxylic acids is 1. The van der Waals surface area contributed by atoms with Gasteiger partial charge in [0.25, 0.3) is 0 Å². The second-order valence-corrected chi connectivity index (χ2v) is 6.27. The minimum atomic E-state index is -0.783. The van der Waals surface area contributed by atoms with Crippen LogP contribution in [0.25, 0.3) is 0 Å². The SMILES string of the molecule is C=CC[C@@H](O)[C@H]1COC(C)(C)N1C(=O)OC(C)(C)C. The number of hydrogen-bond donors (Lipinski definition) is 1. The van der Waals surface area contributed by atoms with Crippen molar-refractivity contribution >= 4 is 6.09 Å². The van der Waals surface area contributed by atoms with Gasteiger partial charge >= 0.3 is 6.09 Å². The highest BCUT2D eigenvalue weighted by Crippen LogP contribution is 2.31. The van der Waals surface area contributed by atoms with Crippen molar-refractivity contribution in [1.82, 2.24) is 4.90 Å². The van der Waals surface area contributed by atoms with Crippen molar-refractivity contribution in [3.8, 4) is 0 Å². The van der Waals surface area contributed by atoms with Gasteiger partial charge < -0.3 is 14.6 Å². The van der Waals surface area contributed by atoms with Gasteiger partial charge in [0.15, 0.2) is 0 Å². The van der Waals surface area contributed by atoms with E-state index in [-0.39, 0.29) is 0 Å². The zero-order valence-electron chi connectivity index (χ0n) is 12.5. The van der Waals surface area contributed by atoms with E-state index in [0.717, 1.165) is 0 Å². The summed E-state index contributed by atoms with van der Waals surface area (Å²) in [4.78, 5) is 13.8. The Morgan fingerprint density at radius 1 is 1.63 bits per heavy atom. The van der Waals surface area contributed by atoms with Crippen LogP contribution in [0.2, 0.25) is 0 Å². The highest BCUT2D eigenvalue weighted by atomic mass is 16.6. The van der Waals surface area contributed by atoms with Gasteiger partial charge in [-0.15, -0.1) is 6.58 Å². The van der Waals surface area contributed by atoms with Crippen LogP contribution >= 0.6 is 0 Å². The third kappa shape index (κ3) is 3.94. The average Bonchev–Trinajstić information content (AvgIpc) is 2.51. The highest BCUT2D eigenvalue weighted by Gasteiger charge is 2.47. The van der Waals surface area contributed by atoms with Crippen LogP contribution in [0.4, 0.5) is 4.79 Å². The first kappa shape index (κ1) is 16.0. The summed E-state index contributed by atoms with van der Waals surface area (Å²) in [5.74, 6) is 0. The first-order chi connectivity index (χ1) is 8.58. The number of nitrogens with zero attached hydrogens (tertiary/aromatic N) is 1. The number of aliphatic hydroxyl groups excluding tert-OH is 1. The molecule has 19 heavy (non-hydrogen) atoms. The summed E-state index contributed by atoms with van der Waals surface area (Å²) >= 11 is 0. The first-order valence-electron chi connectivity index (χ1n) is 6.54.